The Morgan fingerprint density at radius 1 is 1.31 bits per heavy atom. The maximum atomic E-state index is 12.1. The van der Waals surface area contributed by atoms with Crippen LogP contribution in [0.25, 0.3) is 5.57 Å². The van der Waals surface area contributed by atoms with E-state index >= 15 is 0 Å². The smallest absolute Gasteiger partial charge is 0.192 e. The third kappa shape index (κ3) is 1.20. The van der Waals surface area contributed by atoms with Gasteiger partial charge in [-0.2, -0.15) is 0 Å². The van der Waals surface area contributed by atoms with E-state index in [1.807, 2.05) is 24.3 Å². The van der Waals surface area contributed by atoms with Crippen molar-refractivity contribution in [2.75, 3.05) is 7.11 Å². The average Bonchev–Trinajstić information content (AvgIpc) is 2.69. The zero-order chi connectivity index (χ0) is 11.1. The molecular weight excluding hydrogens is 200 g/mol. The first-order valence-corrected chi connectivity index (χ1v) is 5.38. The fourth-order valence-corrected chi connectivity index (χ4v) is 2.42. The van der Waals surface area contributed by atoms with Gasteiger partial charge in [0.05, 0.1) is 0 Å². The molecule has 1 atom stereocenters. The molecule has 0 amide bonds. The fraction of sp³-hybridized carbons (Fsp3) is 0.214. The minimum absolute atomic E-state index is 0.108. The lowest BCUT2D eigenvalue weighted by Crippen LogP contribution is -2.25. The number of benzene rings is 1. The van der Waals surface area contributed by atoms with E-state index in [1.54, 1.807) is 7.11 Å². The molecule has 3 rings (SSSR count). The highest BCUT2D eigenvalue weighted by molar-refractivity contribution is 6.12. The van der Waals surface area contributed by atoms with Crippen LogP contribution in [0, 0.1) is 0 Å². The van der Waals surface area contributed by atoms with Crippen molar-refractivity contribution < 1.29 is 9.53 Å². The summed E-state index contributed by atoms with van der Waals surface area (Å²) in [6.07, 6.45) is 4.20. The van der Waals surface area contributed by atoms with Gasteiger partial charge in [0.2, 0.25) is 0 Å². The van der Waals surface area contributed by atoms with Crippen LogP contribution in [0.15, 0.2) is 42.0 Å². The summed E-state index contributed by atoms with van der Waals surface area (Å²) in [5.41, 5.74) is 4.41. The van der Waals surface area contributed by atoms with E-state index in [-0.39, 0.29) is 5.78 Å². The number of ketones is 1. The molecule has 0 radical (unpaired) electrons. The Balaban J connectivity index is 2.09. The van der Waals surface area contributed by atoms with Crippen molar-refractivity contribution >= 4 is 11.4 Å². The SMILES string of the molecule is COC1C=CC2=C(Cc3ccccc32)C1=O. The minimum Gasteiger partial charge on any atom is -0.369 e. The average molecular weight is 212 g/mol. The Hall–Kier alpha value is -1.67. The minimum atomic E-state index is -0.395. The standard InChI is InChI=1S/C14H12O2/c1-16-13-7-6-11-10-5-3-2-4-9(10)8-12(11)14(13)15/h2-7,13H,8H2,1H3. The molecule has 0 spiro atoms. The van der Waals surface area contributed by atoms with Gasteiger partial charge in [-0.3, -0.25) is 4.79 Å². The van der Waals surface area contributed by atoms with Crippen molar-refractivity contribution in [2.24, 2.45) is 0 Å². The molecule has 2 aliphatic carbocycles. The lowest BCUT2D eigenvalue weighted by atomic mass is 9.95. The summed E-state index contributed by atoms with van der Waals surface area (Å²) in [6, 6.07) is 8.17. The maximum absolute atomic E-state index is 12.1. The molecule has 2 aliphatic rings. The van der Waals surface area contributed by atoms with E-state index in [0.29, 0.717) is 0 Å². The Labute approximate surface area is 94.2 Å². The summed E-state index contributed by atoms with van der Waals surface area (Å²) in [7, 11) is 1.57. The summed E-state index contributed by atoms with van der Waals surface area (Å²) in [4.78, 5) is 12.1. The molecule has 1 aromatic carbocycles. The number of Topliss-reactive ketones (excluding diaryl/α,β-unsaturated/α-hetero) is 1. The number of methoxy groups -OCH3 is 1. The van der Waals surface area contributed by atoms with E-state index in [9.17, 15) is 4.79 Å². The van der Waals surface area contributed by atoms with Crippen molar-refractivity contribution in [1.29, 1.82) is 0 Å². The van der Waals surface area contributed by atoms with E-state index in [4.69, 9.17) is 4.74 Å². The monoisotopic (exact) mass is 212 g/mol. The quantitative estimate of drug-likeness (QED) is 0.713. The van der Waals surface area contributed by atoms with Gasteiger partial charge in [-0.05, 0) is 22.8 Å². The van der Waals surface area contributed by atoms with Gasteiger partial charge in [0, 0.05) is 19.1 Å². The van der Waals surface area contributed by atoms with Crippen molar-refractivity contribution in [2.45, 2.75) is 12.5 Å². The number of rotatable bonds is 1. The van der Waals surface area contributed by atoms with E-state index in [0.717, 1.165) is 17.6 Å². The largest absolute Gasteiger partial charge is 0.369 e. The number of carbonyl (C=O) groups excluding carboxylic acids is 1. The molecule has 1 unspecified atom stereocenters. The first-order valence-electron chi connectivity index (χ1n) is 5.38. The van der Waals surface area contributed by atoms with Crippen molar-refractivity contribution in [3.05, 3.63) is 53.1 Å². The molecule has 0 bridgehead atoms. The number of hydrogen-bond acceptors (Lipinski definition) is 2. The zero-order valence-corrected chi connectivity index (χ0v) is 9.07. The molecule has 0 saturated carbocycles. The molecule has 0 N–H and O–H groups in total. The molecule has 16 heavy (non-hydrogen) atoms. The summed E-state index contributed by atoms with van der Waals surface area (Å²) >= 11 is 0. The normalized spacial score (nSPS) is 22.3. The van der Waals surface area contributed by atoms with Crippen LogP contribution in [-0.4, -0.2) is 19.0 Å². The van der Waals surface area contributed by atoms with Crippen molar-refractivity contribution in [3.8, 4) is 0 Å². The Bertz CT molecular complexity index is 523. The summed E-state index contributed by atoms with van der Waals surface area (Å²) in [6.45, 7) is 0. The topological polar surface area (TPSA) is 26.3 Å². The number of carbonyl (C=O) groups is 1. The van der Waals surface area contributed by atoms with Gasteiger partial charge in [-0.25, -0.2) is 0 Å². The number of hydrogen-bond donors (Lipinski definition) is 0. The molecule has 0 aromatic heterocycles. The van der Waals surface area contributed by atoms with Crippen LogP contribution < -0.4 is 0 Å². The molecule has 1 aromatic rings. The number of fused-ring (bicyclic) bond motifs is 2. The first kappa shape index (κ1) is 9.55. The predicted octanol–water partition coefficient (Wildman–Crippen LogP) is 2.15. The van der Waals surface area contributed by atoms with Crippen LogP contribution in [0.5, 0.6) is 0 Å². The van der Waals surface area contributed by atoms with Crippen LogP contribution in [0.4, 0.5) is 0 Å². The lowest BCUT2D eigenvalue weighted by Gasteiger charge is -2.15. The summed E-state index contributed by atoms with van der Waals surface area (Å²) in [5, 5.41) is 0. The van der Waals surface area contributed by atoms with Gasteiger partial charge in [0.1, 0.15) is 6.10 Å². The van der Waals surface area contributed by atoms with Crippen LogP contribution >= 0.6 is 0 Å². The Morgan fingerprint density at radius 3 is 2.94 bits per heavy atom. The Morgan fingerprint density at radius 2 is 2.12 bits per heavy atom. The Kier molecular flexibility index (Phi) is 2.04. The van der Waals surface area contributed by atoms with Gasteiger partial charge in [-0.15, -0.1) is 0 Å². The molecule has 2 nitrogen and oxygen atoms in total. The van der Waals surface area contributed by atoms with Crippen LogP contribution in [-0.2, 0) is 16.0 Å². The second kappa shape index (κ2) is 3.42. The second-order valence-electron chi connectivity index (χ2n) is 4.11. The van der Waals surface area contributed by atoms with Crippen LogP contribution in [0.3, 0.4) is 0 Å². The van der Waals surface area contributed by atoms with Gasteiger partial charge < -0.3 is 4.74 Å². The molecule has 0 aliphatic heterocycles. The first-order chi connectivity index (χ1) is 7.81. The highest BCUT2D eigenvalue weighted by Crippen LogP contribution is 2.37. The van der Waals surface area contributed by atoms with Gasteiger partial charge in [0.15, 0.2) is 5.78 Å². The fourth-order valence-electron chi connectivity index (χ4n) is 2.42. The van der Waals surface area contributed by atoms with Gasteiger partial charge >= 0.3 is 0 Å². The van der Waals surface area contributed by atoms with Crippen molar-refractivity contribution in [3.63, 3.8) is 0 Å². The van der Waals surface area contributed by atoms with Gasteiger partial charge in [0.25, 0.3) is 0 Å². The summed E-state index contributed by atoms with van der Waals surface area (Å²) < 4.78 is 5.14. The summed E-state index contributed by atoms with van der Waals surface area (Å²) in [5.74, 6) is 0.108. The predicted molar refractivity (Wildman–Crippen MR) is 62.0 cm³/mol. The molecule has 80 valence electrons. The zero-order valence-electron chi connectivity index (χ0n) is 9.07. The van der Waals surface area contributed by atoms with Crippen molar-refractivity contribution in [1.82, 2.24) is 0 Å². The van der Waals surface area contributed by atoms with E-state index in [2.05, 4.69) is 12.1 Å². The molecule has 0 fully saturated rings. The number of allylic oxidation sites excluding steroid dienone is 2. The molecular formula is C14H12O2. The lowest BCUT2D eigenvalue weighted by molar-refractivity contribution is -0.122. The maximum Gasteiger partial charge on any atom is 0.192 e. The highest BCUT2D eigenvalue weighted by Gasteiger charge is 2.31. The highest BCUT2D eigenvalue weighted by atomic mass is 16.5. The van der Waals surface area contributed by atoms with E-state index in [1.165, 1.54) is 11.1 Å². The molecule has 0 saturated heterocycles. The van der Waals surface area contributed by atoms with E-state index < -0.39 is 6.10 Å². The van der Waals surface area contributed by atoms with Crippen LogP contribution in [0.1, 0.15) is 11.1 Å². The molecule has 0 heterocycles. The third-order valence-corrected chi connectivity index (χ3v) is 3.25. The molecule has 2 heteroatoms. The van der Waals surface area contributed by atoms with Gasteiger partial charge in [-0.1, -0.05) is 30.3 Å². The second-order valence-corrected chi connectivity index (χ2v) is 4.11. The third-order valence-electron chi connectivity index (χ3n) is 3.25. The van der Waals surface area contributed by atoms with Crippen LogP contribution in [0.2, 0.25) is 0 Å². The number of ether oxygens (including phenoxy) is 1.